The molecule has 4 nitrogen and oxygen atoms in total. The lowest BCUT2D eigenvalue weighted by Gasteiger charge is -2.32. The highest BCUT2D eigenvalue weighted by Crippen LogP contribution is 2.25. The number of nitrogens with two attached hydrogens (primary N) is 1. The third-order valence-corrected chi connectivity index (χ3v) is 5.84. The Hall–Kier alpha value is -1.10. The van der Waals surface area contributed by atoms with Crippen LogP contribution >= 0.6 is 11.6 Å². The number of piperidine rings is 1. The van der Waals surface area contributed by atoms with Crippen LogP contribution < -0.4 is 11.1 Å². The van der Waals surface area contributed by atoms with Crippen molar-refractivity contribution in [2.24, 2.45) is 17.6 Å². The number of hydrogen-bond acceptors (Lipinski definition) is 3. The van der Waals surface area contributed by atoms with Gasteiger partial charge in [0.2, 0.25) is 5.91 Å². The average molecular weight is 350 g/mol. The summed E-state index contributed by atoms with van der Waals surface area (Å²) in [6.07, 6.45) is 5.05. The molecule has 0 radical (unpaired) electrons. The van der Waals surface area contributed by atoms with E-state index in [-0.39, 0.29) is 17.9 Å². The first-order valence-electron chi connectivity index (χ1n) is 9.11. The van der Waals surface area contributed by atoms with Gasteiger partial charge in [0.15, 0.2) is 0 Å². The molecule has 1 aromatic carbocycles. The van der Waals surface area contributed by atoms with Gasteiger partial charge in [0.05, 0.1) is 0 Å². The quantitative estimate of drug-likeness (QED) is 0.859. The number of halogens is 1. The Labute approximate surface area is 149 Å². The number of benzene rings is 1. The molecule has 0 aromatic heterocycles. The van der Waals surface area contributed by atoms with Crippen LogP contribution in [0.3, 0.4) is 0 Å². The fraction of sp³-hybridized carbons (Fsp3) is 0.632. The molecule has 1 saturated carbocycles. The number of nitrogens with zero attached hydrogens (tertiary/aromatic N) is 1. The maximum atomic E-state index is 12.2. The molecule has 2 atom stereocenters. The zero-order valence-electron chi connectivity index (χ0n) is 14.2. The topological polar surface area (TPSA) is 58.4 Å². The largest absolute Gasteiger partial charge is 0.356 e. The van der Waals surface area contributed by atoms with Gasteiger partial charge in [0, 0.05) is 30.1 Å². The summed E-state index contributed by atoms with van der Waals surface area (Å²) in [6, 6.07) is 8.28. The molecule has 24 heavy (non-hydrogen) atoms. The monoisotopic (exact) mass is 349 g/mol. The molecular weight excluding hydrogens is 322 g/mol. The maximum absolute atomic E-state index is 12.2. The molecule has 1 aliphatic carbocycles. The third-order valence-electron chi connectivity index (χ3n) is 5.47. The zero-order valence-corrected chi connectivity index (χ0v) is 15.0. The molecule has 0 bridgehead atoms. The van der Waals surface area contributed by atoms with Crippen molar-refractivity contribution in [3.05, 3.63) is 34.9 Å². The van der Waals surface area contributed by atoms with E-state index in [2.05, 4.69) is 16.3 Å². The van der Waals surface area contributed by atoms with E-state index in [0.29, 0.717) is 5.92 Å². The number of hydrogen-bond donors (Lipinski definition) is 2. The number of carbonyl (C=O) groups is 1. The predicted octanol–water partition coefficient (Wildman–Crippen LogP) is 2.80. The molecule has 5 heteroatoms. The Kier molecular flexibility index (Phi) is 6.14. The van der Waals surface area contributed by atoms with Crippen molar-refractivity contribution in [1.82, 2.24) is 10.2 Å². The van der Waals surface area contributed by atoms with Gasteiger partial charge < -0.3 is 11.1 Å². The molecule has 0 spiro atoms. The van der Waals surface area contributed by atoms with Gasteiger partial charge in [-0.05, 0) is 62.7 Å². The summed E-state index contributed by atoms with van der Waals surface area (Å²) in [5.74, 6) is 0.938. The van der Waals surface area contributed by atoms with Crippen LogP contribution in [0.4, 0.5) is 0 Å². The summed E-state index contributed by atoms with van der Waals surface area (Å²) in [5, 5.41) is 4.00. The minimum Gasteiger partial charge on any atom is -0.356 e. The molecular formula is C19H28ClN3O. The second-order valence-electron chi connectivity index (χ2n) is 7.33. The summed E-state index contributed by atoms with van der Waals surface area (Å²) in [5.41, 5.74) is 7.09. The van der Waals surface area contributed by atoms with E-state index in [0.717, 1.165) is 63.3 Å². The van der Waals surface area contributed by atoms with Crippen molar-refractivity contribution in [2.45, 2.75) is 44.7 Å². The highest BCUT2D eigenvalue weighted by atomic mass is 35.5. The molecule has 132 valence electrons. The predicted molar refractivity (Wildman–Crippen MR) is 97.8 cm³/mol. The van der Waals surface area contributed by atoms with Crippen LogP contribution in [0.1, 0.15) is 37.7 Å². The molecule has 2 aliphatic rings. The molecule has 0 unspecified atom stereocenters. The zero-order chi connectivity index (χ0) is 16.9. The summed E-state index contributed by atoms with van der Waals surface area (Å²) in [7, 11) is 0. The van der Waals surface area contributed by atoms with Crippen molar-refractivity contribution in [3.63, 3.8) is 0 Å². The molecule has 1 amide bonds. The van der Waals surface area contributed by atoms with Crippen LogP contribution in [0.2, 0.25) is 5.02 Å². The fourth-order valence-electron chi connectivity index (χ4n) is 3.86. The first-order valence-corrected chi connectivity index (χ1v) is 9.48. The van der Waals surface area contributed by atoms with Crippen LogP contribution in [0, 0.1) is 11.8 Å². The molecule has 1 aromatic rings. The van der Waals surface area contributed by atoms with Crippen molar-refractivity contribution in [3.8, 4) is 0 Å². The second-order valence-corrected chi connectivity index (χ2v) is 7.73. The Morgan fingerprint density at radius 1 is 1.21 bits per heavy atom. The van der Waals surface area contributed by atoms with E-state index >= 15 is 0 Å². The smallest absolute Gasteiger partial charge is 0.223 e. The van der Waals surface area contributed by atoms with E-state index < -0.39 is 0 Å². The lowest BCUT2D eigenvalue weighted by molar-refractivity contribution is -0.125. The van der Waals surface area contributed by atoms with E-state index in [9.17, 15) is 4.79 Å². The first kappa shape index (κ1) is 17.7. The van der Waals surface area contributed by atoms with E-state index in [1.54, 1.807) is 0 Å². The average Bonchev–Trinajstić information content (AvgIpc) is 3.03. The van der Waals surface area contributed by atoms with Gasteiger partial charge in [-0.15, -0.1) is 0 Å². The maximum Gasteiger partial charge on any atom is 0.223 e. The Balaban J connectivity index is 1.38. The third kappa shape index (κ3) is 4.71. The summed E-state index contributed by atoms with van der Waals surface area (Å²) < 4.78 is 0. The summed E-state index contributed by atoms with van der Waals surface area (Å²) in [6.45, 7) is 3.86. The lowest BCUT2D eigenvalue weighted by Crippen LogP contribution is -2.39. The minimum absolute atomic E-state index is 0.139. The van der Waals surface area contributed by atoms with Gasteiger partial charge in [-0.2, -0.15) is 0 Å². The Morgan fingerprint density at radius 2 is 1.96 bits per heavy atom. The highest BCUT2D eigenvalue weighted by Gasteiger charge is 2.28. The number of nitrogens with one attached hydrogen (secondary N) is 1. The van der Waals surface area contributed by atoms with Crippen molar-refractivity contribution in [2.75, 3.05) is 19.6 Å². The van der Waals surface area contributed by atoms with Gasteiger partial charge in [-0.25, -0.2) is 0 Å². The molecule has 1 saturated heterocycles. The van der Waals surface area contributed by atoms with E-state index in [1.807, 2.05) is 18.2 Å². The summed E-state index contributed by atoms with van der Waals surface area (Å²) >= 11 is 6.25. The minimum atomic E-state index is 0.139. The van der Waals surface area contributed by atoms with Crippen molar-refractivity contribution in [1.29, 1.82) is 0 Å². The van der Waals surface area contributed by atoms with Gasteiger partial charge >= 0.3 is 0 Å². The van der Waals surface area contributed by atoms with Gasteiger partial charge in [0.25, 0.3) is 0 Å². The summed E-state index contributed by atoms with van der Waals surface area (Å²) in [4.78, 5) is 14.6. The lowest BCUT2D eigenvalue weighted by atomic mass is 9.96. The Bertz CT molecular complexity index is 557. The van der Waals surface area contributed by atoms with Crippen molar-refractivity contribution >= 4 is 17.5 Å². The molecule has 1 aliphatic heterocycles. The Morgan fingerprint density at radius 3 is 2.62 bits per heavy atom. The normalized spacial score (nSPS) is 25.8. The molecule has 2 fully saturated rings. The van der Waals surface area contributed by atoms with E-state index in [1.165, 1.54) is 5.56 Å². The van der Waals surface area contributed by atoms with Crippen LogP contribution in [-0.2, 0) is 11.3 Å². The second kappa shape index (κ2) is 8.32. The van der Waals surface area contributed by atoms with Crippen LogP contribution in [0.25, 0.3) is 0 Å². The number of rotatable bonds is 5. The standard InChI is InChI=1S/C19H28ClN3O/c20-18-4-2-1-3-16(18)13-23-9-7-14(8-10-23)12-22-19(24)15-5-6-17(21)11-15/h1-4,14-15,17H,5-13,21H2,(H,22,24)/t15-,17+/m1/s1. The van der Waals surface area contributed by atoms with Gasteiger partial charge in [-0.3, -0.25) is 9.69 Å². The molecule has 1 heterocycles. The van der Waals surface area contributed by atoms with Gasteiger partial charge in [0.1, 0.15) is 0 Å². The number of amides is 1. The first-order chi connectivity index (χ1) is 11.6. The van der Waals surface area contributed by atoms with Crippen LogP contribution in [0.5, 0.6) is 0 Å². The fourth-order valence-corrected chi connectivity index (χ4v) is 4.06. The molecule has 3 N–H and O–H groups in total. The van der Waals surface area contributed by atoms with Crippen molar-refractivity contribution < 1.29 is 4.79 Å². The van der Waals surface area contributed by atoms with Crippen LogP contribution in [-0.4, -0.2) is 36.5 Å². The molecule has 3 rings (SSSR count). The van der Waals surface area contributed by atoms with Gasteiger partial charge in [-0.1, -0.05) is 29.8 Å². The van der Waals surface area contributed by atoms with Crippen LogP contribution in [0.15, 0.2) is 24.3 Å². The number of carbonyl (C=O) groups excluding carboxylic acids is 1. The highest BCUT2D eigenvalue weighted by molar-refractivity contribution is 6.31. The SMILES string of the molecule is N[C@H]1CC[C@@H](C(=O)NCC2CCN(Cc3ccccc3Cl)CC2)C1. The number of likely N-dealkylation sites (tertiary alicyclic amines) is 1. The van der Waals surface area contributed by atoms with E-state index in [4.69, 9.17) is 17.3 Å².